The third-order valence-electron chi connectivity index (χ3n) is 2.98. The Labute approximate surface area is 111 Å². The van der Waals surface area contributed by atoms with Crippen LogP contribution in [0.3, 0.4) is 0 Å². The quantitative estimate of drug-likeness (QED) is 0.880. The topological polar surface area (TPSA) is 62.2 Å². The largest absolute Gasteiger partial charge is 0.478 e. The highest BCUT2D eigenvalue weighted by Gasteiger charge is 2.18. The number of rotatable bonds is 4. The van der Waals surface area contributed by atoms with E-state index < -0.39 is 5.97 Å². The van der Waals surface area contributed by atoms with E-state index in [0.717, 1.165) is 36.9 Å². The van der Waals surface area contributed by atoms with Crippen LogP contribution in [0.4, 0.5) is 5.82 Å². The number of aromatic carboxylic acids is 1. The standard InChI is InChI=1S/C13H15ClN2O2/c1-8(14)7-15-12-10(13(17)18)6-9-4-2-3-5-11(9)16-12/h6H,1-5,7H2,(H,15,16)(H,17,18). The van der Waals surface area contributed by atoms with Gasteiger partial charge in [-0.2, -0.15) is 0 Å². The van der Waals surface area contributed by atoms with Crippen LogP contribution >= 0.6 is 11.6 Å². The molecule has 0 atom stereocenters. The molecule has 0 fully saturated rings. The molecule has 96 valence electrons. The molecule has 18 heavy (non-hydrogen) atoms. The molecule has 0 radical (unpaired) electrons. The number of fused-ring (bicyclic) bond motifs is 1. The second kappa shape index (κ2) is 5.40. The van der Waals surface area contributed by atoms with Gasteiger partial charge in [-0.15, -0.1) is 0 Å². The molecular weight excluding hydrogens is 252 g/mol. The van der Waals surface area contributed by atoms with Crippen molar-refractivity contribution in [2.24, 2.45) is 0 Å². The Balaban J connectivity index is 2.35. The van der Waals surface area contributed by atoms with Gasteiger partial charge in [0.05, 0.1) is 6.54 Å². The van der Waals surface area contributed by atoms with Crippen LogP contribution in [0.1, 0.15) is 34.5 Å². The summed E-state index contributed by atoms with van der Waals surface area (Å²) in [5.41, 5.74) is 2.25. The molecule has 1 aromatic rings. The van der Waals surface area contributed by atoms with Gasteiger partial charge in [0.2, 0.25) is 0 Å². The molecule has 0 saturated carbocycles. The molecule has 0 aliphatic heterocycles. The highest BCUT2D eigenvalue weighted by Crippen LogP contribution is 2.25. The first-order chi connectivity index (χ1) is 8.58. The summed E-state index contributed by atoms with van der Waals surface area (Å²) in [4.78, 5) is 15.6. The number of nitrogens with one attached hydrogen (secondary N) is 1. The minimum absolute atomic E-state index is 0.202. The second-order valence-electron chi connectivity index (χ2n) is 4.37. The zero-order chi connectivity index (χ0) is 13.1. The average molecular weight is 267 g/mol. The number of hydrogen-bond acceptors (Lipinski definition) is 3. The lowest BCUT2D eigenvalue weighted by Gasteiger charge is -2.18. The molecule has 2 rings (SSSR count). The Morgan fingerprint density at radius 3 is 2.89 bits per heavy atom. The van der Waals surface area contributed by atoms with E-state index in [9.17, 15) is 9.90 Å². The van der Waals surface area contributed by atoms with Crippen molar-refractivity contribution in [1.29, 1.82) is 0 Å². The Morgan fingerprint density at radius 2 is 2.22 bits per heavy atom. The summed E-state index contributed by atoms with van der Waals surface area (Å²) in [5.74, 6) is -0.594. The zero-order valence-electron chi connectivity index (χ0n) is 10.0. The van der Waals surface area contributed by atoms with Crippen molar-refractivity contribution in [3.63, 3.8) is 0 Å². The minimum Gasteiger partial charge on any atom is -0.478 e. The van der Waals surface area contributed by atoms with E-state index in [2.05, 4.69) is 16.9 Å². The number of nitrogens with zero attached hydrogens (tertiary/aromatic N) is 1. The first-order valence-electron chi connectivity index (χ1n) is 5.91. The SMILES string of the molecule is C=C(Cl)CNc1nc2c(cc1C(=O)O)CCCC2. The van der Waals surface area contributed by atoms with Gasteiger partial charge in [-0.3, -0.25) is 0 Å². The lowest BCUT2D eigenvalue weighted by atomic mass is 9.95. The maximum atomic E-state index is 11.2. The Hall–Kier alpha value is -1.55. The predicted octanol–water partition coefficient (Wildman–Crippen LogP) is 2.82. The van der Waals surface area contributed by atoms with Crippen LogP contribution in [0.5, 0.6) is 0 Å². The second-order valence-corrected chi connectivity index (χ2v) is 4.91. The molecule has 1 aliphatic rings. The van der Waals surface area contributed by atoms with Gasteiger partial charge in [0, 0.05) is 10.7 Å². The summed E-state index contributed by atoms with van der Waals surface area (Å²) in [6.07, 6.45) is 4.02. The van der Waals surface area contributed by atoms with Crippen LogP contribution in [-0.2, 0) is 12.8 Å². The average Bonchev–Trinajstić information content (AvgIpc) is 2.35. The predicted molar refractivity (Wildman–Crippen MR) is 71.3 cm³/mol. The van der Waals surface area contributed by atoms with Gasteiger partial charge in [-0.05, 0) is 37.3 Å². The maximum absolute atomic E-state index is 11.2. The number of aromatic nitrogens is 1. The number of carboxylic acids is 1. The van der Waals surface area contributed by atoms with Crippen LogP contribution in [0.2, 0.25) is 0 Å². The first-order valence-corrected chi connectivity index (χ1v) is 6.29. The van der Waals surface area contributed by atoms with Crippen LogP contribution in [0.25, 0.3) is 0 Å². The van der Waals surface area contributed by atoms with Crippen LogP contribution in [-0.4, -0.2) is 22.6 Å². The van der Waals surface area contributed by atoms with Crippen LogP contribution < -0.4 is 5.32 Å². The van der Waals surface area contributed by atoms with E-state index >= 15 is 0 Å². The van der Waals surface area contributed by atoms with Crippen LogP contribution in [0, 0.1) is 0 Å². The van der Waals surface area contributed by atoms with Crippen molar-refractivity contribution in [3.05, 3.63) is 34.5 Å². The number of hydrogen-bond donors (Lipinski definition) is 2. The van der Waals surface area contributed by atoms with Crippen molar-refractivity contribution < 1.29 is 9.90 Å². The van der Waals surface area contributed by atoms with Crippen molar-refractivity contribution in [2.45, 2.75) is 25.7 Å². The zero-order valence-corrected chi connectivity index (χ0v) is 10.8. The van der Waals surface area contributed by atoms with Gasteiger partial charge in [0.25, 0.3) is 0 Å². The molecule has 5 heteroatoms. The molecule has 0 saturated heterocycles. The monoisotopic (exact) mass is 266 g/mol. The molecule has 0 spiro atoms. The molecule has 1 aliphatic carbocycles. The normalized spacial score (nSPS) is 13.8. The number of pyridine rings is 1. The van der Waals surface area contributed by atoms with Gasteiger partial charge in [-0.25, -0.2) is 9.78 Å². The third-order valence-corrected chi connectivity index (χ3v) is 3.11. The van der Waals surface area contributed by atoms with E-state index in [1.54, 1.807) is 6.07 Å². The Bertz CT molecular complexity index is 500. The Kier molecular flexibility index (Phi) is 3.87. The van der Waals surface area contributed by atoms with E-state index in [1.807, 2.05) is 0 Å². The molecule has 0 aromatic carbocycles. The fourth-order valence-corrected chi connectivity index (χ4v) is 2.18. The minimum atomic E-state index is -0.974. The van der Waals surface area contributed by atoms with Gasteiger partial charge in [0.15, 0.2) is 0 Å². The summed E-state index contributed by atoms with van der Waals surface area (Å²) >= 11 is 5.67. The highest BCUT2D eigenvalue weighted by atomic mass is 35.5. The van der Waals surface area contributed by atoms with Crippen molar-refractivity contribution in [3.8, 4) is 0 Å². The molecule has 0 unspecified atom stereocenters. The highest BCUT2D eigenvalue weighted by molar-refractivity contribution is 6.29. The summed E-state index contributed by atoms with van der Waals surface area (Å²) in [6, 6.07) is 1.73. The van der Waals surface area contributed by atoms with Gasteiger partial charge in [-0.1, -0.05) is 18.2 Å². The van der Waals surface area contributed by atoms with Crippen molar-refractivity contribution in [2.75, 3.05) is 11.9 Å². The smallest absolute Gasteiger partial charge is 0.339 e. The molecule has 0 bridgehead atoms. The fourth-order valence-electron chi connectivity index (χ4n) is 2.11. The molecule has 0 amide bonds. The van der Waals surface area contributed by atoms with E-state index in [0.29, 0.717) is 17.4 Å². The van der Waals surface area contributed by atoms with Gasteiger partial charge < -0.3 is 10.4 Å². The molecule has 2 N–H and O–H groups in total. The van der Waals surface area contributed by atoms with Crippen molar-refractivity contribution in [1.82, 2.24) is 4.98 Å². The van der Waals surface area contributed by atoms with Crippen molar-refractivity contribution >= 4 is 23.4 Å². The van der Waals surface area contributed by atoms with Gasteiger partial charge >= 0.3 is 5.97 Å². The first kappa shape index (κ1) is 12.9. The molecule has 1 heterocycles. The van der Waals surface area contributed by atoms with E-state index in [1.165, 1.54) is 0 Å². The maximum Gasteiger partial charge on any atom is 0.339 e. The van der Waals surface area contributed by atoms with E-state index in [4.69, 9.17) is 11.6 Å². The molecule has 1 aromatic heterocycles. The Morgan fingerprint density at radius 1 is 1.50 bits per heavy atom. The summed E-state index contributed by atoms with van der Waals surface area (Å²) in [7, 11) is 0. The lowest BCUT2D eigenvalue weighted by Crippen LogP contribution is -2.14. The van der Waals surface area contributed by atoms with Gasteiger partial charge in [0.1, 0.15) is 11.4 Å². The summed E-state index contributed by atoms with van der Waals surface area (Å²) in [6.45, 7) is 3.87. The van der Waals surface area contributed by atoms with Crippen LogP contribution in [0.15, 0.2) is 17.7 Å². The molecule has 4 nitrogen and oxygen atoms in total. The molecular formula is C13H15ClN2O2. The summed E-state index contributed by atoms with van der Waals surface area (Å²) in [5, 5.41) is 12.5. The summed E-state index contributed by atoms with van der Waals surface area (Å²) < 4.78 is 0. The van der Waals surface area contributed by atoms with E-state index in [-0.39, 0.29) is 5.56 Å². The number of carboxylic acid groups (broad SMARTS) is 1. The lowest BCUT2D eigenvalue weighted by molar-refractivity contribution is 0.0697. The number of halogens is 1. The number of anilines is 1. The number of carbonyl (C=O) groups is 1. The number of aryl methyl sites for hydroxylation is 2. The third kappa shape index (κ3) is 2.82. The fraction of sp³-hybridized carbons (Fsp3) is 0.385.